The summed E-state index contributed by atoms with van der Waals surface area (Å²) in [6, 6.07) is 0. The van der Waals surface area contributed by atoms with Crippen LogP contribution in [0.5, 0.6) is 0 Å². The molecule has 1 saturated heterocycles. The number of nitrogens with zero attached hydrogens (tertiary/aromatic N) is 1. The van der Waals surface area contributed by atoms with E-state index in [1.165, 1.54) is 0 Å². The van der Waals surface area contributed by atoms with Crippen LogP contribution in [0.4, 0.5) is 0 Å². The summed E-state index contributed by atoms with van der Waals surface area (Å²) in [6.45, 7) is 8.85. The van der Waals surface area contributed by atoms with Crippen molar-refractivity contribution in [1.29, 1.82) is 0 Å². The third kappa shape index (κ3) is 4.88. The Morgan fingerprint density at radius 2 is 2.00 bits per heavy atom. The molecule has 0 aromatic carbocycles. The second-order valence-electron chi connectivity index (χ2n) is 5.00. The summed E-state index contributed by atoms with van der Waals surface area (Å²) >= 11 is 1.76. The van der Waals surface area contributed by atoms with Crippen LogP contribution < -0.4 is 0 Å². The van der Waals surface area contributed by atoms with Gasteiger partial charge in [-0.25, -0.2) is 0 Å². The van der Waals surface area contributed by atoms with E-state index in [2.05, 4.69) is 25.8 Å². The van der Waals surface area contributed by atoms with E-state index in [4.69, 9.17) is 4.74 Å². The molecule has 1 rings (SSSR count). The van der Waals surface area contributed by atoms with Crippen LogP contribution in [0.15, 0.2) is 0 Å². The summed E-state index contributed by atoms with van der Waals surface area (Å²) in [6.07, 6.45) is 2.22. The van der Waals surface area contributed by atoms with Gasteiger partial charge in [0.1, 0.15) is 5.25 Å². The number of hydrogen-bond acceptors (Lipinski definition) is 4. The second kappa shape index (κ2) is 7.27. The summed E-state index contributed by atoms with van der Waals surface area (Å²) in [4.78, 5) is 14.3. The van der Waals surface area contributed by atoms with E-state index in [0.717, 1.165) is 25.9 Å². The second-order valence-corrected chi connectivity index (χ2v) is 6.72. The molecule has 0 amide bonds. The van der Waals surface area contributed by atoms with Crippen molar-refractivity contribution in [2.75, 3.05) is 26.7 Å². The normalized spacial score (nSPS) is 20.5. The molecule has 0 bridgehead atoms. The first kappa shape index (κ1) is 14.8. The lowest BCUT2D eigenvalue weighted by molar-refractivity contribution is -0.143. The predicted molar refractivity (Wildman–Crippen MR) is 73.4 cm³/mol. The van der Waals surface area contributed by atoms with Crippen LogP contribution in [0.3, 0.4) is 0 Å². The molecule has 17 heavy (non-hydrogen) atoms. The maximum Gasteiger partial charge on any atom is 0.319 e. The first-order chi connectivity index (χ1) is 8.04. The SMILES string of the molecule is CCOC(=O)C(SC(C)C)C1CCN(C)CC1. The predicted octanol–water partition coefficient (Wildman–Crippen LogP) is 2.40. The van der Waals surface area contributed by atoms with Crippen LogP contribution in [0.2, 0.25) is 0 Å². The highest BCUT2D eigenvalue weighted by Gasteiger charge is 2.32. The molecule has 1 atom stereocenters. The summed E-state index contributed by atoms with van der Waals surface area (Å²) in [5.41, 5.74) is 0. The van der Waals surface area contributed by atoms with Crippen LogP contribution in [0.25, 0.3) is 0 Å². The smallest absolute Gasteiger partial charge is 0.319 e. The number of piperidine rings is 1. The number of ether oxygens (including phenoxy) is 1. The van der Waals surface area contributed by atoms with E-state index < -0.39 is 0 Å². The van der Waals surface area contributed by atoms with Crippen molar-refractivity contribution in [1.82, 2.24) is 4.90 Å². The van der Waals surface area contributed by atoms with E-state index in [-0.39, 0.29) is 11.2 Å². The number of hydrogen-bond donors (Lipinski definition) is 0. The summed E-state index contributed by atoms with van der Waals surface area (Å²) in [5.74, 6) is 0.471. The van der Waals surface area contributed by atoms with E-state index in [1.54, 1.807) is 11.8 Å². The van der Waals surface area contributed by atoms with Gasteiger partial charge in [-0.2, -0.15) is 0 Å². The fourth-order valence-corrected chi connectivity index (χ4v) is 3.47. The van der Waals surface area contributed by atoms with E-state index in [9.17, 15) is 4.79 Å². The topological polar surface area (TPSA) is 29.5 Å². The Morgan fingerprint density at radius 3 is 2.47 bits per heavy atom. The summed E-state index contributed by atoms with van der Waals surface area (Å²) < 4.78 is 5.21. The average molecular weight is 259 g/mol. The van der Waals surface area contributed by atoms with Crippen molar-refractivity contribution >= 4 is 17.7 Å². The molecule has 1 unspecified atom stereocenters. The molecule has 3 nitrogen and oxygen atoms in total. The van der Waals surface area contributed by atoms with Gasteiger partial charge in [-0.15, -0.1) is 11.8 Å². The first-order valence-electron chi connectivity index (χ1n) is 6.55. The Morgan fingerprint density at radius 1 is 1.41 bits per heavy atom. The standard InChI is InChI=1S/C13H25NO2S/c1-5-16-13(15)12(17-10(2)3)11-6-8-14(4)9-7-11/h10-12H,5-9H2,1-4H3. The Labute approximate surface area is 109 Å². The van der Waals surface area contributed by atoms with Crippen molar-refractivity contribution in [3.8, 4) is 0 Å². The first-order valence-corrected chi connectivity index (χ1v) is 7.49. The van der Waals surface area contributed by atoms with Crippen LogP contribution in [-0.2, 0) is 9.53 Å². The zero-order chi connectivity index (χ0) is 12.8. The minimum absolute atomic E-state index is 0.0132. The average Bonchev–Trinajstić information content (AvgIpc) is 2.27. The summed E-state index contributed by atoms with van der Waals surface area (Å²) in [7, 11) is 2.14. The fourth-order valence-electron chi connectivity index (χ4n) is 2.21. The highest BCUT2D eigenvalue weighted by atomic mass is 32.2. The van der Waals surface area contributed by atoms with Crippen LogP contribution in [0, 0.1) is 5.92 Å². The third-order valence-corrected chi connectivity index (χ3v) is 4.54. The minimum atomic E-state index is -0.0132. The highest BCUT2D eigenvalue weighted by molar-refractivity contribution is 8.01. The lowest BCUT2D eigenvalue weighted by Gasteiger charge is -2.33. The molecule has 0 N–H and O–H groups in total. The van der Waals surface area contributed by atoms with Crippen LogP contribution in [-0.4, -0.2) is 48.1 Å². The van der Waals surface area contributed by atoms with Crippen molar-refractivity contribution in [2.24, 2.45) is 5.92 Å². The van der Waals surface area contributed by atoms with Gasteiger partial charge in [0.05, 0.1) is 6.61 Å². The van der Waals surface area contributed by atoms with Gasteiger partial charge >= 0.3 is 5.97 Å². The number of carbonyl (C=O) groups excluding carboxylic acids is 1. The molecule has 1 fully saturated rings. The Bertz CT molecular complexity index is 238. The molecule has 0 spiro atoms. The fraction of sp³-hybridized carbons (Fsp3) is 0.923. The van der Waals surface area contributed by atoms with Gasteiger partial charge in [0, 0.05) is 0 Å². The minimum Gasteiger partial charge on any atom is -0.465 e. The van der Waals surface area contributed by atoms with Gasteiger partial charge in [0.15, 0.2) is 0 Å². The van der Waals surface area contributed by atoms with Crippen molar-refractivity contribution < 1.29 is 9.53 Å². The van der Waals surface area contributed by atoms with Gasteiger partial charge < -0.3 is 9.64 Å². The van der Waals surface area contributed by atoms with Gasteiger partial charge in [-0.05, 0) is 51.1 Å². The third-order valence-electron chi connectivity index (χ3n) is 3.13. The lowest BCUT2D eigenvalue weighted by atomic mass is 9.93. The molecule has 0 aromatic heterocycles. The molecule has 1 aliphatic rings. The zero-order valence-corrected chi connectivity index (χ0v) is 12.3. The molecule has 0 radical (unpaired) electrons. The Balaban J connectivity index is 2.58. The maximum absolute atomic E-state index is 12.0. The molecule has 1 aliphatic heterocycles. The molecule has 100 valence electrons. The van der Waals surface area contributed by atoms with Gasteiger partial charge in [-0.1, -0.05) is 13.8 Å². The molecule has 0 saturated carbocycles. The molecule has 1 heterocycles. The van der Waals surface area contributed by atoms with Gasteiger partial charge in [0.25, 0.3) is 0 Å². The van der Waals surface area contributed by atoms with Crippen LogP contribution in [0.1, 0.15) is 33.6 Å². The van der Waals surface area contributed by atoms with Gasteiger partial charge in [0.2, 0.25) is 0 Å². The summed E-state index contributed by atoms with van der Waals surface area (Å²) in [5, 5.41) is 0.507. The van der Waals surface area contributed by atoms with Crippen molar-refractivity contribution in [3.63, 3.8) is 0 Å². The Kier molecular flexibility index (Phi) is 6.34. The lowest BCUT2D eigenvalue weighted by Crippen LogP contribution is -2.38. The van der Waals surface area contributed by atoms with Crippen LogP contribution >= 0.6 is 11.8 Å². The number of rotatable bonds is 5. The quantitative estimate of drug-likeness (QED) is 0.709. The number of esters is 1. The number of likely N-dealkylation sites (tertiary alicyclic amines) is 1. The number of carbonyl (C=O) groups is 1. The molecular formula is C13H25NO2S. The largest absolute Gasteiger partial charge is 0.465 e. The molecule has 0 aromatic rings. The molecule has 0 aliphatic carbocycles. The van der Waals surface area contributed by atoms with E-state index >= 15 is 0 Å². The monoisotopic (exact) mass is 259 g/mol. The molecule has 4 heteroatoms. The maximum atomic E-state index is 12.0. The van der Waals surface area contributed by atoms with Gasteiger partial charge in [-0.3, -0.25) is 4.79 Å². The zero-order valence-electron chi connectivity index (χ0n) is 11.4. The van der Waals surface area contributed by atoms with Crippen molar-refractivity contribution in [3.05, 3.63) is 0 Å². The van der Waals surface area contributed by atoms with E-state index in [0.29, 0.717) is 17.8 Å². The Hall–Kier alpha value is -0.220. The molecular weight excluding hydrogens is 234 g/mol. The number of thioether (sulfide) groups is 1. The highest BCUT2D eigenvalue weighted by Crippen LogP contribution is 2.31. The van der Waals surface area contributed by atoms with Crippen molar-refractivity contribution in [2.45, 2.75) is 44.1 Å². The van der Waals surface area contributed by atoms with E-state index in [1.807, 2.05) is 6.92 Å².